The van der Waals surface area contributed by atoms with E-state index in [4.69, 9.17) is 11.6 Å². The molecule has 0 heterocycles. The van der Waals surface area contributed by atoms with Crippen molar-refractivity contribution in [2.75, 3.05) is 10.8 Å². The van der Waals surface area contributed by atoms with E-state index in [0.29, 0.717) is 5.02 Å². The third kappa shape index (κ3) is 9.21. The number of halogens is 2. The number of nitrogens with zero attached hydrogens (tertiary/aromatic N) is 2. The Morgan fingerprint density at radius 2 is 1.52 bits per heavy atom. The third-order valence-electron chi connectivity index (χ3n) is 7.34. The molecular weight excluding hydrogens is 686 g/mol. The van der Waals surface area contributed by atoms with E-state index in [2.05, 4.69) is 21.2 Å². The number of rotatable bonds is 11. The van der Waals surface area contributed by atoms with Crippen molar-refractivity contribution in [2.45, 2.75) is 64.1 Å². The summed E-state index contributed by atoms with van der Waals surface area (Å²) in [4.78, 5) is 30.1. The first-order valence-electron chi connectivity index (χ1n) is 14.9. The minimum Gasteiger partial charge on any atom is -0.350 e. The zero-order valence-electron chi connectivity index (χ0n) is 26.6. The molecule has 0 fully saturated rings. The van der Waals surface area contributed by atoms with E-state index in [1.165, 1.54) is 17.0 Å². The minimum absolute atomic E-state index is 0.0347. The smallest absolute Gasteiger partial charge is 0.264 e. The molecule has 1 atom stereocenters. The molecule has 0 unspecified atom stereocenters. The monoisotopic (exact) mass is 723 g/mol. The molecule has 242 valence electrons. The lowest BCUT2D eigenvalue weighted by molar-refractivity contribution is -0.140. The van der Waals surface area contributed by atoms with Crippen LogP contribution >= 0.6 is 27.5 Å². The topological polar surface area (TPSA) is 86.8 Å². The minimum atomic E-state index is -4.22. The molecule has 4 rings (SSSR count). The highest BCUT2D eigenvalue weighted by Crippen LogP contribution is 2.29. The summed E-state index contributed by atoms with van der Waals surface area (Å²) >= 11 is 9.97. The Bertz CT molecular complexity index is 1790. The number of aryl methyl sites for hydroxylation is 2. The van der Waals surface area contributed by atoms with E-state index in [9.17, 15) is 18.0 Å². The fourth-order valence-corrected chi connectivity index (χ4v) is 6.97. The van der Waals surface area contributed by atoms with Crippen LogP contribution in [-0.2, 0) is 32.6 Å². The van der Waals surface area contributed by atoms with Gasteiger partial charge in [0.2, 0.25) is 11.8 Å². The predicted molar refractivity (Wildman–Crippen MR) is 188 cm³/mol. The van der Waals surface area contributed by atoms with Crippen molar-refractivity contribution >= 4 is 55.1 Å². The fraction of sp³-hybridized carbons (Fsp3) is 0.278. The first-order chi connectivity index (χ1) is 21.6. The number of carbonyl (C=O) groups excluding carboxylic acids is 2. The van der Waals surface area contributed by atoms with Gasteiger partial charge in [-0.05, 0) is 87.7 Å². The van der Waals surface area contributed by atoms with Gasteiger partial charge in [-0.15, -0.1) is 0 Å². The molecule has 0 radical (unpaired) electrons. The first-order valence-corrected chi connectivity index (χ1v) is 17.5. The van der Waals surface area contributed by atoms with Crippen LogP contribution in [0.2, 0.25) is 5.02 Å². The molecule has 0 saturated heterocycles. The molecule has 4 aromatic rings. The van der Waals surface area contributed by atoms with E-state index in [1.807, 2.05) is 89.2 Å². The largest absolute Gasteiger partial charge is 0.350 e. The van der Waals surface area contributed by atoms with Gasteiger partial charge in [-0.25, -0.2) is 8.42 Å². The van der Waals surface area contributed by atoms with E-state index in [-0.39, 0.29) is 29.5 Å². The SMILES string of the molecule is Cc1ccc(S(=O)(=O)N(CC(=O)N(Cc2cccc(Br)c2)[C@@H](Cc2ccccc2)C(=O)NC(C)(C)C)c2ccc(C)c(Cl)c2)cc1. The van der Waals surface area contributed by atoms with Crippen molar-refractivity contribution in [3.8, 4) is 0 Å². The highest BCUT2D eigenvalue weighted by Gasteiger charge is 2.35. The molecule has 0 aliphatic heterocycles. The van der Waals surface area contributed by atoms with Gasteiger partial charge < -0.3 is 10.2 Å². The van der Waals surface area contributed by atoms with Crippen molar-refractivity contribution in [3.05, 3.63) is 129 Å². The number of anilines is 1. The third-order valence-corrected chi connectivity index (χ3v) is 10.0. The summed E-state index contributed by atoms with van der Waals surface area (Å²) in [5, 5.41) is 3.41. The van der Waals surface area contributed by atoms with Crippen LogP contribution in [0.3, 0.4) is 0 Å². The number of hydrogen-bond acceptors (Lipinski definition) is 4. The molecule has 0 aromatic heterocycles. The molecule has 1 N–H and O–H groups in total. The van der Waals surface area contributed by atoms with Crippen LogP contribution in [0.25, 0.3) is 0 Å². The van der Waals surface area contributed by atoms with Gasteiger partial charge in [-0.3, -0.25) is 13.9 Å². The van der Waals surface area contributed by atoms with Crippen LogP contribution in [-0.4, -0.2) is 43.3 Å². The number of carbonyl (C=O) groups is 2. The summed E-state index contributed by atoms with van der Waals surface area (Å²) in [6.45, 7) is 8.83. The second-order valence-corrected chi connectivity index (χ2v) is 15.5. The Balaban J connectivity index is 1.84. The van der Waals surface area contributed by atoms with Crippen LogP contribution in [0.4, 0.5) is 5.69 Å². The van der Waals surface area contributed by atoms with Gasteiger partial charge in [-0.2, -0.15) is 0 Å². The highest BCUT2D eigenvalue weighted by molar-refractivity contribution is 9.10. The summed E-state index contributed by atoms with van der Waals surface area (Å²) in [5.41, 5.74) is 2.96. The van der Waals surface area contributed by atoms with Crippen molar-refractivity contribution in [1.82, 2.24) is 10.2 Å². The zero-order valence-corrected chi connectivity index (χ0v) is 29.8. The lowest BCUT2D eigenvalue weighted by atomic mass is 10.0. The Labute approximate surface area is 285 Å². The van der Waals surface area contributed by atoms with Gasteiger partial charge in [0.1, 0.15) is 12.6 Å². The zero-order chi connectivity index (χ0) is 33.6. The fourth-order valence-electron chi connectivity index (χ4n) is 4.94. The Morgan fingerprint density at radius 3 is 2.13 bits per heavy atom. The number of nitrogens with one attached hydrogen (secondary N) is 1. The first kappa shape index (κ1) is 35.2. The Kier molecular flexibility index (Phi) is 11.4. The lowest BCUT2D eigenvalue weighted by Crippen LogP contribution is -2.56. The normalized spacial score (nSPS) is 12.3. The van der Waals surface area contributed by atoms with Crippen LogP contribution in [0.15, 0.2) is 106 Å². The van der Waals surface area contributed by atoms with Crippen LogP contribution in [0.1, 0.15) is 43.0 Å². The van der Waals surface area contributed by atoms with Gasteiger partial charge in [0.15, 0.2) is 0 Å². The molecule has 4 aromatic carbocycles. The summed E-state index contributed by atoms with van der Waals surface area (Å²) in [5.74, 6) is -0.886. The molecule has 0 saturated carbocycles. The average molecular weight is 725 g/mol. The second kappa shape index (κ2) is 14.8. The van der Waals surface area contributed by atoms with E-state index >= 15 is 0 Å². The number of amides is 2. The lowest BCUT2D eigenvalue weighted by Gasteiger charge is -2.35. The van der Waals surface area contributed by atoms with Crippen molar-refractivity contribution < 1.29 is 18.0 Å². The van der Waals surface area contributed by atoms with Gasteiger partial charge in [0.25, 0.3) is 10.0 Å². The summed E-state index contributed by atoms with van der Waals surface area (Å²) in [7, 11) is -4.22. The van der Waals surface area contributed by atoms with Gasteiger partial charge >= 0.3 is 0 Å². The average Bonchev–Trinajstić information content (AvgIpc) is 2.99. The number of hydrogen-bond donors (Lipinski definition) is 1. The molecule has 10 heteroatoms. The van der Waals surface area contributed by atoms with Crippen LogP contribution in [0.5, 0.6) is 0 Å². The highest BCUT2D eigenvalue weighted by atomic mass is 79.9. The van der Waals surface area contributed by atoms with Crippen LogP contribution < -0.4 is 9.62 Å². The van der Waals surface area contributed by atoms with Crippen LogP contribution in [0, 0.1) is 13.8 Å². The second-order valence-electron chi connectivity index (χ2n) is 12.4. The number of benzene rings is 4. The van der Waals surface area contributed by atoms with Gasteiger partial charge in [-0.1, -0.05) is 93.8 Å². The summed E-state index contributed by atoms with van der Waals surface area (Å²) in [6, 6.07) is 27.3. The Hall–Kier alpha value is -3.66. The van der Waals surface area contributed by atoms with Crippen molar-refractivity contribution in [3.63, 3.8) is 0 Å². The number of sulfonamides is 1. The van der Waals surface area contributed by atoms with E-state index in [1.54, 1.807) is 30.3 Å². The molecule has 2 amide bonds. The molecule has 0 aliphatic carbocycles. The van der Waals surface area contributed by atoms with Crippen molar-refractivity contribution in [1.29, 1.82) is 0 Å². The van der Waals surface area contributed by atoms with Gasteiger partial charge in [0, 0.05) is 28.0 Å². The maximum Gasteiger partial charge on any atom is 0.264 e. The van der Waals surface area contributed by atoms with E-state index in [0.717, 1.165) is 31.0 Å². The molecule has 0 spiro atoms. The maximum absolute atomic E-state index is 14.6. The quantitative estimate of drug-likeness (QED) is 0.174. The predicted octanol–water partition coefficient (Wildman–Crippen LogP) is 7.47. The molecule has 46 heavy (non-hydrogen) atoms. The van der Waals surface area contributed by atoms with Crippen molar-refractivity contribution in [2.24, 2.45) is 0 Å². The summed E-state index contributed by atoms with van der Waals surface area (Å²) < 4.78 is 30.3. The molecule has 0 aliphatic rings. The Morgan fingerprint density at radius 1 is 0.870 bits per heavy atom. The van der Waals surface area contributed by atoms with E-state index < -0.39 is 34.1 Å². The molecule has 7 nitrogen and oxygen atoms in total. The van der Waals surface area contributed by atoms with Gasteiger partial charge in [0.05, 0.1) is 10.6 Å². The molecule has 0 bridgehead atoms. The standard InChI is InChI=1S/C36H39BrClN3O4S/c1-25-14-18-31(19-15-25)46(44,45)41(30-17-16-26(2)32(38)22-30)24-34(42)40(23-28-12-9-13-29(37)20-28)33(35(43)39-36(3,4)5)21-27-10-7-6-8-11-27/h6-20,22,33H,21,23-24H2,1-5H3,(H,39,43)/t33-/m0/s1. The molecular formula is C36H39BrClN3O4S. The summed E-state index contributed by atoms with van der Waals surface area (Å²) in [6.07, 6.45) is 0.226. The maximum atomic E-state index is 14.6.